The lowest BCUT2D eigenvalue weighted by molar-refractivity contribution is -0.129. The number of hydrogen-bond acceptors (Lipinski definition) is 8. The van der Waals surface area contributed by atoms with Gasteiger partial charge in [0.25, 0.3) is 0 Å². The van der Waals surface area contributed by atoms with E-state index in [2.05, 4.69) is 32.1 Å². The molecule has 4 aromatic rings. The normalized spacial score (nSPS) is 16.4. The van der Waals surface area contributed by atoms with E-state index in [0.717, 1.165) is 49.0 Å². The van der Waals surface area contributed by atoms with Crippen LogP contribution in [0.1, 0.15) is 36.0 Å². The van der Waals surface area contributed by atoms with Crippen LogP contribution in [0.5, 0.6) is 11.6 Å². The third-order valence-electron chi connectivity index (χ3n) is 8.19. The number of imide groups is 1. The SMILES string of the molecule is COc1ccnc(N2CCC(Cc3ccn4ncc(N5CCC(=O)N(Cc6ccc(C)cc6OC)C5=O)c4c3)CC2)n1. The molecule has 0 aliphatic carbocycles. The van der Waals surface area contributed by atoms with Crippen LogP contribution in [0.25, 0.3) is 5.52 Å². The van der Waals surface area contributed by atoms with E-state index in [-0.39, 0.29) is 24.9 Å². The Balaban J connectivity index is 1.16. The van der Waals surface area contributed by atoms with Crippen molar-refractivity contribution in [1.82, 2.24) is 24.5 Å². The van der Waals surface area contributed by atoms with Crippen molar-refractivity contribution in [2.75, 3.05) is 43.7 Å². The van der Waals surface area contributed by atoms with Crippen molar-refractivity contribution in [3.63, 3.8) is 0 Å². The van der Waals surface area contributed by atoms with E-state index in [4.69, 9.17) is 9.47 Å². The molecule has 2 saturated heterocycles. The second-order valence-corrected chi connectivity index (χ2v) is 10.9. The maximum atomic E-state index is 13.7. The summed E-state index contributed by atoms with van der Waals surface area (Å²) in [7, 11) is 3.21. The molecule has 2 aliphatic heterocycles. The van der Waals surface area contributed by atoms with E-state index in [1.807, 2.05) is 31.3 Å². The molecule has 42 heavy (non-hydrogen) atoms. The molecule has 0 unspecified atom stereocenters. The molecular formula is C31H35N7O4. The Morgan fingerprint density at radius 3 is 2.62 bits per heavy atom. The van der Waals surface area contributed by atoms with Gasteiger partial charge in [-0.25, -0.2) is 14.3 Å². The van der Waals surface area contributed by atoms with Gasteiger partial charge in [0.2, 0.25) is 17.7 Å². The third-order valence-corrected chi connectivity index (χ3v) is 8.19. The number of aromatic nitrogens is 4. The zero-order valence-electron chi connectivity index (χ0n) is 24.2. The predicted octanol–water partition coefficient (Wildman–Crippen LogP) is 4.27. The monoisotopic (exact) mass is 569 g/mol. The Labute approximate surface area is 244 Å². The van der Waals surface area contributed by atoms with Gasteiger partial charge in [-0.3, -0.25) is 14.6 Å². The van der Waals surface area contributed by atoms with Crippen molar-refractivity contribution in [2.24, 2.45) is 5.92 Å². The highest BCUT2D eigenvalue weighted by atomic mass is 16.5. The minimum absolute atomic E-state index is 0.154. The largest absolute Gasteiger partial charge is 0.496 e. The van der Waals surface area contributed by atoms with Crippen LogP contribution in [0.4, 0.5) is 16.4 Å². The van der Waals surface area contributed by atoms with Gasteiger partial charge >= 0.3 is 6.03 Å². The van der Waals surface area contributed by atoms with Crippen molar-refractivity contribution < 1.29 is 19.1 Å². The summed E-state index contributed by atoms with van der Waals surface area (Å²) in [4.78, 5) is 40.6. The van der Waals surface area contributed by atoms with Crippen LogP contribution in [0.3, 0.4) is 0 Å². The average Bonchev–Trinajstić information content (AvgIpc) is 3.43. The van der Waals surface area contributed by atoms with E-state index in [9.17, 15) is 9.59 Å². The molecule has 5 heterocycles. The third kappa shape index (κ3) is 5.46. The van der Waals surface area contributed by atoms with Crippen LogP contribution in [0.2, 0.25) is 0 Å². The van der Waals surface area contributed by atoms with Crippen LogP contribution >= 0.6 is 0 Å². The Hall–Kier alpha value is -4.67. The summed E-state index contributed by atoms with van der Waals surface area (Å²) in [6, 6.07) is 11.4. The van der Waals surface area contributed by atoms with Crippen LogP contribution in [-0.2, 0) is 17.8 Å². The number of nitrogens with zero attached hydrogens (tertiary/aromatic N) is 7. The highest BCUT2D eigenvalue weighted by Crippen LogP contribution is 2.30. The lowest BCUT2D eigenvalue weighted by Crippen LogP contribution is -2.52. The van der Waals surface area contributed by atoms with E-state index >= 15 is 0 Å². The van der Waals surface area contributed by atoms with Crippen molar-refractivity contribution in [2.45, 2.75) is 39.2 Å². The quantitative estimate of drug-likeness (QED) is 0.310. The van der Waals surface area contributed by atoms with Gasteiger partial charge in [0.05, 0.1) is 38.2 Å². The maximum absolute atomic E-state index is 13.7. The first kappa shape index (κ1) is 27.5. The molecule has 1 aromatic carbocycles. The summed E-state index contributed by atoms with van der Waals surface area (Å²) in [5.74, 6) is 2.27. The average molecular weight is 570 g/mol. The molecule has 0 atom stereocenters. The first-order chi connectivity index (χ1) is 20.4. The van der Waals surface area contributed by atoms with Gasteiger partial charge in [0.1, 0.15) is 5.75 Å². The van der Waals surface area contributed by atoms with Crippen molar-refractivity contribution in [3.05, 3.63) is 71.7 Å². The molecule has 6 rings (SSSR count). The number of piperidine rings is 1. The van der Waals surface area contributed by atoms with E-state index in [1.54, 1.807) is 42.1 Å². The summed E-state index contributed by atoms with van der Waals surface area (Å²) in [5.41, 5.74) is 4.59. The number of anilines is 2. The smallest absolute Gasteiger partial charge is 0.331 e. The summed E-state index contributed by atoms with van der Waals surface area (Å²) < 4.78 is 12.6. The topological polar surface area (TPSA) is 105 Å². The molecule has 218 valence electrons. The number of carbonyl (C=O) groups excluding carboxylic acids is 2. The van der Waals surface area contributed by atoms with Crippen LogP contribution < -0.4 is 19.3 Å². The molecule has 3 amide bonds. The second kappa shape index (κ2) is 11.7. The van der Waals surface area contributed by atoms with Gasteiger partial charge in [-0.15, -0.1) is 0 Å². The first-order valence-electron chi connectivity index (χ1n) is 14.3. The zero-order valence-corrected chi connectivity index (χ0v) is 24.2. The number of fused-ring (bicyclic) bond motifs is 1. The second-order valence-electron chi connectivity index (χ2n) is 10.9. The highest BCUT2D eigenvalue weighted by Gasteiger charge is 2.35. The van der Waals surface area contributed by atoms with E-state index < -0.39 is 0 Å². The Morgan fingerprint density at radius 1 is 1.00 bits per heavy atom. The number of hydrogen-bond donors (Lipinski definition) is 0. The molecule has 0 radical (unpaired) electrons. The summed E-state index contributed by atoms with van der Waals surface area (Å²) in [5, 5.41) is 4.51. The fourth-order valence-corrected chi connectivity index (χ4v) is 5.84. The number of aryl methyl sites for hydroxylation is 1. The molecule has 3 aromatic heterocycles. The zero-order chi connectivity index (χ0) is 29.2. The van der Waals surface area contributed by atoms with Gasteiger partial charge < -0.3 is 14.4 Å². The predicted molar refractivity (Wildman–Crippen MR) is 158 cm³/mol. The fraction of sp³-hybridized carbons (Fsp3) is 0.387. The Kier molecular flexibility index (Phi) is 7.64. The molecule has 2 fully saturated rings. The van der Waals surface area contributed by atoms with Crippen LogP contribution in [0, 0.1) is 12.8 Å². The van der Waals surface area contributed by atoms with Gasteiger partial charge in [-0.1, -0.05) is 12.1 Å². The lowest BCUT2D eigenvalue weighted by Gasteiger charge is -2.34. The number of carbonyl (C=O) groups is 2. The summed E-state index contributed by atoms with van der Waals surface area (Å²) in [6.07, 6.45) is 8.62. The number of amides is 3. The Bertz CT molecular complexity index is 1610. The van der Waals surface area contributed by atoms with E-state index in [0.29, 0.717) is 35.7 Å². The summed E-state index contributed by atoms with van der Waals surface area (Å²) in [6.45, 7) is 4.22. The number of rotatable bonds is 8. The number of pyridine rings is 1. The number of benzene rings is 1. The molecule has 0 saturated carbocycles. The fourth-order valence-electron chi connectivity index (χ4n) is 5.84. The van der Waals surface area contributed by atoms with Crippen molar-refractivity contribution >= 4 is 29.1 Å². The number of urea groups is 1. The van der Waals surface area contributed by atoms with Gasteiger partial charge in [0, 0.05) is 50.1 Å². The summed E-state index contributed by atoms with van der Waals surface area (Å²) >= 11 is 0. The molecular weight excluding hydrogens is 534 g/mol. The minimum atomic E-state index is -0.346. The van der Waals surface area contributed by atoms with Gasteiger partial charge in [-0.05, 0) is 61.4 Å². The molecule has 2 aliphatic rings. The maximum Gasteiger partial charge on any atom is 0.331 e. The van der Waals surface area contributed by atoms with E-state index in [1.165, 1.54) is 10.5 Å². The van der Waals surface area contributed by atoms with Crippen molar-refractivity contribution in [1.29, 1.82) is 0 Å². The number of methoxy groups -OCH3 is 2. The standard InChI is InChI=1S/C31H35N7O4/c1-21-4-5-24(27(16-21)41-2)20-37-29(39)10-14-36(31(37)40)26-19-33-38-15-9-23(18-25(26)38)17-22-7-12-35(13-8-22)30-32-11-6-28(34-30)42-3/h4-6,9,11,15-16,18-19,22H,7-8,10,12-14,17,20H2,1-3H3. The molecule has 11 heteroatoms. The molecule has 0 spiro atoms. The van der Waals surface area contributed by atoms with Crippen LogP contribution in [-0.4, -0.2) is 70.3 Å². The Morgan fingerprint density at radius 2 is 1.83 bits per heavy atom. The minimum Gasteiger partial charge on any atom is -0.496 e. The van der Waals surface area contributed by atoms with Crippen molar-refractivity contribution in [3.8, 4) is 11.6 Å². The van der Waals surface area contributed by atoms with Crippen LogP contribution in [0.15, 0.2) is 55.0 Å². The molecule has 0 bridgehead atoms. The highest BCUT2D eigenvalue weighted by molar-refractivity contribution is 6.07. The molecule has 0 N–H and O–H groups in total. The lowest BCUT2D eigenvalue weighted by atomic mass is 9.90. The molecule has 11 nitrogen and oxygen atoms in total. The van der Waals surface area contributed by atoms with Gasteiger partial charge in [-0.2, -0.15) is 10.1 Å². The van der Waals surface area contributed by atoms with Gasteiger partial charge in [0.15, 0.2) is 0 Å². The first-order valence-corrected chi connectivity index (χ1v) is 14.3. The number of ether oxygens (including phenoxy) is 2.